The van der Waals surface area contributed by atoms with Crippen LogP contribution in [0.4, 0.5) is 0 Å². The Kier molecular flexibility index (Phi) is 5.30. The lowest BCUT2D eigenvalue weighted by atomic mass is 9.40. The molecular weight excluding hydrogens is 424 g/mol. The predicted molar refractivity (Wildman–Crippen MR) is 135 cm³/mol. The van der Waals surface area contributed by atoms with Gasteiger partial charge in [-0.25, -0.2) is 0 Å². The van der Waals surface area contributed by atoms with Crippen LogP contribution in [0.3, 0.4) is 0 Å². The Hall–Kier alpha value is -0.680. The Bertz CT molecular complexity index is 927. The van der Waals surface area contributed by atoms with Crippen molar-refractivity contribution in [3.05, 3.63) is 23.3 Å². The molecule has 0 radical (unpaired) electrons. The summed E-state index contributed by atoms with van der Waals surface area (Å²) in [5.41, 5.74) is 1.34. The fourth-order valence-electron chi connectivity index (χ4n) is 9.76. The van der Waals surface area contributed by atoms with E-state index in [0.29, 0.717) is 5.92 Å². The van der Waals surface area contributed by atoms with Crippen molar-refractivity contribution in [1.29, 1.82) is 0 Å². The summed E-state index contributed by atoms with van der Waals surface area (Å²) >= 11 is 0. The monoisotopic (exact) mass is 472 g/mol. The Balaban J connectivity index is 1.53. The average molecular weight is 473 g/mol. The van der Waals surface area contributed by atoms with Crippen LogP contribution in [0.2, 0.25) is 0 Å². The fraction of sp³-hybridized carbons (Fsp3) is 0.867. The van der Waals surface area contributed by atoms with Crippen LogP contribution in [0.15, 0.2) is 23.3 Å². The van der Waals surface area contributed by atoms with E-state index >= 15 is 0 Å². The molecule has 1 saturated heterocycles. The highest BCUT2D eigenvalue weighted by atomic mass is 16.5. The molecule has 4 aliphatic carbocycles. The zero-order chi connectivity index (χ0) is 25.1. The summed E-state index contributed by atoms with van der Waals surface area (Å²) in [5.74, 6) is 0.514. The lowest BCUT2D eigenvalue weighted by molar-refractivity contribution is -0.185. The molecule has 1 aliphatic heterocycles. The molecule has 4 nitrogen and oxygen atoms in total. The highest BCUT2D eigenvalue weighted by Crippen LogP contribution is 2.75. The summed E-state index contributed by atoms with van der Waals surface area (Å²) in [6, 6.07) is 0. The summed E-state index contributed by atoms with van der Waals surface area (Å²) in [6.45, 7) is 17.6. The Morgan fingerprint density at radius 1 is 0.882 bits per heavy atom. The topological polar surface area (TPSA) is 69.9 Å². The van der Waals surface area contributed by atoms with Crippen molar-refractivity contribution in [1.82, 2.24) is 0 Å². The maximum atomic E-state index is 11.7. The van der Waals surface area contributed by atoms with Crippen LogP contribution >= 0.6 is 0 Å². The fourth-order valence-corrected chi connectivity index (χ4v) is 9.76. The largest absolute Gasteiger partial charge is 0.393 e. The molecule has 34 heavy (non-hydrogen) atoms. The first kappa shape index (κ1) is 25.0. The molecule has 1 unspecified atom stereocenters. The van der Waals surface area contributed by atoms with E-state index < -0.39 is 17.3 Å². The van der Waals surface area contributed by atoms with Crippen LogP contribution in [-0.2, 0) is 4.74 Å². The van der Waals surface area contributed by atoms with Crippen LogP contribution in [0.25, 0.3) is 0 Å². The molecule has 4 heteroatoms. The van der Waals surface area contributed by atoms with Gasteiger partial charge in [0.1, 0.15) is 0 Å². The standard InChI is InChI=1S/C30H48O4/c1-25(2)18-9-11-21-27(5,19(18)10-12-22(25)32)15-16-28(6)24(20(31)17-29(21,28)7)30(8)14-13-23(34-30)26(3,4)33/h9-10,20-24,31-33H,11-17H2,1-8H3/t20-,21+,22?,23-,24-,27-,28+,29-,30+/m0/s1. The molecular formula is C30H48O4. The quantitative estimate of drug-likeness (QED) is 0.493. The Labute approximate surface area is 206 Å². The highest BCUT2D eigenvalue weighted by Gasteiger charge is 2.71. The maximum absolute atomic E-state index is 11.7. The summed E-state index contributed by atoms with van der Waals surface area (Å²) in [6.07, 6.45) is 10.3. The normalized spacial score (nSPS) is 52.4. The molecule has 0 bridgehead atoms. The molecule has 5 aliphatic rings. The van der Waals surface area contributed by atoms with Crippen molar-refractivity contribution in [2.45, 2.75) is 130 Å². The predicted octanol–water partition coefficient (Wildman–Crippen LogP) is 5.55. The van der Waals surface area contributed by atoms with Gasteiger partial charge in [-0.05, 0) is 99.0 Å². The van der Waals surface area contributed by atoms with E-state index in [1.165, 1.54) is 11.1 Å². The molecule has 0 aromatic heterocycles. The SMILES string of the molecule is CC1(C)C2=CC[C@@H]3[C@@](C)(CC[C@]4(C)[C@@H]([C@@]5(C)CC[C@@H](C(C)(C)O)O5)[C@@H](O)C[C@@]34C)C2=CCC1O. The number of fused-ring (bicyclic) bond motifs is 5. The lowest BCUT2D eigenvalue weighted by Crippen LogP contribution is -2.58. The van der Waals surface area contributed by atoms with Gasteiger partial charge in [0.15, 0.2) is 0 Å². The van der Waals surface area contributed by atoms with Crippen LogP contribution in [0.1, 0.15) is 100 Å². The van der Waals surface area contributed by atoms with Crippen LogP contribution < -0.4 is 0 Å². The van der Waals surface area contributed by atoms with Gasteiger partial charge < -0.3 is 20.1 Å². The van der Waals surface area contributed by atoms with Gasteiger partial charge in [0, 0.05) is 11.3 Å². The second-order valence-electron chi connectivity index (χ2n) is 14.6. The van der Waals surface area contributed by atoms with Crippen LogP contribution in [-0.4, -0.2) is 44.8 Å². The van der Waals surface area contributed by atoms with Crippen molar-refractivity contribution in [2.24, 2.45) is 33.5 Å². The number of rotatable bonds is 2. The molecule has 5 rings (SSSR count). The third-order valence-corrected chi connectivity index (χ3v) is 12.0. The molecule has 0 aromatic rings. The second kappa shape index (κ2) is 7.21. The van der Waals surface area contributed by atoms with Crippen LogP contribution in [0.5, 0.6) is 0 Å². The van der Waals surface area contributed by atoms with Gasteiger partial charge in [0.2, 0.25) is 0 Å². The zero-order valence-corrected chi connectivity index (χ0v) is 22.7. The third-order valence-electron chi connectivity index (χ3n) is 12.0. The highest BCUT2D eigenvalue weighted by molar-refractivity contribution is 5.48. The molecule has 0 amide bonds. The molecule has 3 fully saturated rings. The van der Waals surface area contributed by atoms with E-state index in [0.717, 1.165) is 44.9 Å². The minimum Gasteiger partial charge on any atom is -0.393 e. The Morgan fingerprint density at radius 3 is 2.15 bits per heavy atom. The van der Waals surface area contributed by atoms with Crippen molar-refractivity contribution in [2.75, 3.05) is 0 Å². The molecule has 9 atom stereocenters. The van der Waals surface area contributed by atoms with E-state index in [1.54, 1.807) is 0 Å². The Morgan fingerprint density at radius 2 is 1.53 bits per heavy atom. The van der Waals surface area contributed by atoms with Gasteiger partial charge >= 0.3 is 0 Å². The van der Waals surface area contributed by atoms with E-state index in [4.69, 9.17) is 4.74 Å². The summed E-state index contributed by atoms with van der Waals surface area (Å²) in [4.78, 5) is 0. The minimum absolute atomic E-state index is 0.00759. The zero-order valence-electron chi connectivity index (χ0n) is 22.7. The van der Waals surface area contributed by atoms with E-state index in [1.807, 2.05) is 13.8 Å². The molecule has 1 heterocycles. The first-order valence-electron chi connectivity index (χ1n) is 13.7. The van der Waals surface area contributed by atoms with Gasteiger partial charge in [-0.15, -0.1) is 0 Å². The number of hydrogen-bond donors (Lipinski definition) is 3. The molecule has 192 valence electrons. The summed E-state index contributed by atoms with van der Waals surface area (Å²) in [5, 5.41) is 33.1. The number of hydrogen-bond acceptors (Lipinski definition) is 4. The molecule has 3 N–H and O–H groups in total. The lowest BCUT2D eigenvalue weighted by Gasteiger charge is -2.64. The number of allylic oxidation sites excluding steroid dienone is 2. The van der Waals surface area contributed by atoms with Crippen molar-refractivity contribution >= 4 is 0 Å². The van der Waals surface area contributed by atoms with Crippen molar-refractivity contribution in [3.63, 3.8) is 0 Å². The van der Waals surface area contributed by atoms with Gasteiger partial charge in [-0.2, -0.15) is 0 Å². The minimum atomic E-state index is -0.869. The summed E-state index contributed by atoms with van der Waals surface area (Å²) < 4.78 is 6.65. The van der Waals surface area contributed by atoms with Gasteiger partial charge in [-0.1, -0.05) is 46.8 Å². The number of aliphatic hydroxyl groups is 3. The van der Waals surface area contributed by atoms with Gasteiger partial charge in [0.05, 0.1) is 29.5 Å². The molecule has 0 spiro atoms. The van der Waals surface area contributed by atoms with Crippen molar-refractivity contribution < 1.29 is 20.1 Å². The molecule has 0 aromatic carbocycles. The van der Waals surface area contributed by atoms with E-state index in [2.05, 4.69) is 53.7 Å². The van der Waals surface area contributed by atoms with Crippen LogP contribution in [0, 0.1) is 33.5 Å². The van der Waals surface area contributed by atoms with Crippen molar-refractivity contribution in [3.8, 4) is 0 Å². The third kappa shape index (κ3) is 3.04. The average Bonchev–Trinajstić information content (AvgIpc) is 3.20. The smallest absolute Gasteiger partial charge is 0.0865 e. The summed E-state index contributed by atoms with van der Waals surface area (Å²) in [7, 11) is 0. The molecule has 2 saturated carbocycles. The first-order chi connectivity index (χ1) is 15.5. The number of aliphatic hydroxyl groups excluding tert-OH is 2. The maximum Gasteiger partial charge on any atom is 0.0865 e. The van der Waals surface area contributed by atoms with E-state index in [9.17, 15) is 15.3 Å². The van der Waals surface area contributed by atoms with Gasteiger partial charge in [-0.3, -0.25) is 0 Å². The van der Waals surface area contributed by atoms with E-state index in [-0.39, 0.29) is 39.8 Å². The second-order valence-corrected chi connectivity index (χ2v) is 14.6. The number of ether oxygens (including phenoxy) is 1. The first-order valence-corrected chi connectivity index (χ1v) is 13.7. The van der Waals surface area contributed by atoms with Gasteiger partial charge in [0.25, 0.3) is 0 Å².